The van der Waals surface area contributed by atoms with Gasteiger partial charge in [-0.1, -0.05) is 54.1 Å². The lowest BCUT2D eigenvalue weighted by molar-refractivity contribution is 0.155. The zero-order valence-corrected chi connectivity index (χ0v) is 18.6. The number of hydrogen-bond acceptors (Lipinski definition) is 3. The van der Waals surface area contributed by atoms with Crippen LogP contribution in [0.2, 0.25) is 0 Å². The van der Waals surface area contributed by atoms with Gasteiger partial charge < -0.3 is 0 Å². The molecule has 0 aliphatic carbocycles. The summed E-state index contributed by atoms with van der Waals surface area (Å²) in [5, 5.41) is 0. The van der Waals surface area contributed by atoms with Crippen LogP contribution in [0.25, 0.3) is 0 Å². The minimum Gasteiger partial charge on any atom is -0.290 e. The first-order valence-corrected chi connectivity index (χ1v) is 11.9. The number of benzene rings is 3. The quantitative estimate of drug-likeness (QED) is 0.587. The minimum absolute atomic E-state index is 0.0671. The van der Waals surface area contributed by atoms with Gasteiger partial charge in [0.15, 0.2) is 0 Å². The average molecular weight is 439 g/mol. The Kier molecular flexibility index (Phi) is 6.23. The largest absolute Gasteiger partial charge is 0.290 e. The molecule has 0 unspecified atom stereocenters. The summed E-state index contributed by atoms with van der Waals surface area (Å²) < 4.78 is 40.7. The summed E-state index contributed by atoms with van der Waals surface area (Å²) in [6.07, 6.45) is 0. The summed E-state index contributed by atoms with van der Waals surface area (Å²) in [7, 11) is -3.63. The van der Waals surface area contributed by atoms with Gasteiger partial charge in [0.25, 0.3) is 0 Å². The van der Waals surface area contributed by atoms with Crippen LogP contribution in [0, 0.1) is 19.7 Å². The monoisotopic (exact) mass is 438 g/mol. The molecule has 1 fully saturated rings. The van der Waals surface area contributed by atoms with Gasteiger partial charge in [0.1, 0.15) is 5.82 Å². The van der Waals surface area contributed by atoms with Crippen molar-refractivity contribution in [2.45, 2.75) is 24.8 Å². The summed E-state index contributed by atoms with van der Waals surface area (Å²) in [4.78, 5) is 2.49. The van der Waals surface area contributed by atoms with Crippen LogP contribution in [0.4, 0.5) is 4.39 Å². The molecule has 0 spiro atoms. The Bertz CT molecular complexity index is 1140. The highest BCUT2D eigenvalue weighted by Gasteiger charge is 2.32. The predicted octanol–water partition coefficient (Wildman–Crippen LogP) is 4.54. The molecular formula is C25H27FN2O2S. The highest BCUT2D eigenvalue weighted by atomic mass is 32.2. The van der Waals surface area contributed by atoms with Crippen molar-refractivity contribution in [2.75, 3.05) is 26.2 Å². The topological polar surface area (TPSA) is 40.6 Å². The third kappa shape index (κ3) is 4.56. The van der Waals surface area contributed by atoms with E-state index in [9.17, 15) is 12.8 Å². The van der Waals surface area contributed by atoms with E-state index in [0.29, 0.717) is 26.2 Å². The summed E-state index contributed by atoms with van der Waals surface area (Å²) in [6, 6.07) is 22.0. The van der Waals surface area contributed by atoms with Crippen LogP contribution in [-0.2, 0) is 10.0 Å². The van der Waals surface area contributed by atoms with Crippen molar-refractivity contribution in [3.8, 4) is 0 Å². The summed E-state index contributed by atoms with van der Waals surface area (Å²) in [6.45, 7) is 6.22. The van der Waals surface area contributed by atoms with Crippen molar-refractivity contribution >= 4 is 10.0 Å². The Labute approximate surface area is 184 Å². The van der Waals surface area contributed by atoms with Gasteiger partial charge in [0.2, 0.25) is 10.0 Å². The number of nitrogens with zero attached hydrogens (tertiary/aromatic N) is 2. The molecule has 4 nitrogen and oxygen atoms in total. The van der Waals surface area contributed by atoms with E-state index in [4.69, 9.17) is 0 Å². The average Bonchev–Trinajstić information content (AvgIpc) is 2.77. The first kappa shape index (κ1) is 21.7. The Hall–Kier alpha value is -2.54. The highest BCUT2D eigenvalue weighted by Crippen LogP contribution is 2.32. The Morgan fingerprint density at radius 2 is 1.42 bits per heavy atom. The third-order valence-electron chi connectivity index (χ3n) is 5.97. The number of rotatable bonds is 5. The molecule has 0 aromatic heterocycles. The van der Waals surface area contributed by atoms with Crippen LogP contribution in [0.3, 0.4) is 0 Å². The molecule has 31 heavy (non-hydrogen) atoms. The molecule has 1 atom stereocenters. The molecule has 1 saturated heterocycles. The molecular weight excluding hydrogens is 411 g/mol. The molecule has 0 bridgehead atoms. The maximum Gasteiger partial charge on any atom is 0.243 e. The Morgan fingerprint density at radius 3 is 2.03 bits per heavy atom. The SMILES string of the molecule is Cc1ccc([C@@H](c2ccccc2C)N2CCN(S(=O)(=O)c3ccc(F)cc3)CC2)cc1. The second-order valence-electron chi connectivity index (χ2n) is 8.06. The second-order valence-corrected chi connectivity index (χ2v) is 10.0. The van der Waals surface area contributed by atoms with Gasteiger partial charge in [-0.05, 0) is 54.8 Å². The maximum absolute atomic E-state index is 13.2. The first-order chi connectivity index (χ1) is 14.9. The van der Waals surface area contributed by atoms with Crippen molar-refractivity contribution in [1.82, 2.24) is 9.21 Å². The smallest absolute Gasteiger partial charge is 0.243 e. The van der Waals surface area contributed by atoms with Gasteiger partial charge in [-0.15, -0.1) is 0 Å². The third-order valence-corrected chi connectivity index (χ3v) is 7.88. The van der Waals surface area contributed by atoms with Gasteiger partial charge in [-0.3, -0.25) is 4.90 Å². The number of hydrogen-bond donors (Lipinski definition) is 0. The summed E-state index contributed by atoms with van der Waals surface area (Å²) in [5.41, 5.74) is 4.87. The van der Waals surface area contributed by atoms with E-state index in [-0.39, 0.29) is 10.9 Å². The molecule has 0 saturated carbocycles. The van der Waals surface area contributed by atoms with E-state index >= 15 is 0 Å². The standard InChI is InChI=1S/C25H27FN2O2S/c1-19-7-9-21(10-8-19)25(24-6-4-3-5-20(24)2)27-15-17-28(18-16-27)31(29,30)23-13-11-22(26)12-14-23/h3-14,25H,15-18H2,1-2H3/t25-/m0/s1. The molecule has 1 aliphatic rings. The molecule has 6 heteroatoms. The van der Waals surface area contributed by atoms with E-state index in [1.54, 1.807) is 0 Å². The number of aryl methyl sites for hydroxylation is 2. The zero-order chi connectivity index (χ0) is 22.0. The van der Waals surface area contributed by atoms with Crippen molar-refractivity contribution in [1.29, 1.82) is 0 Å². The van der Waals surface area contributed by atoms with Gasteiger partial charge >= 0.3 is 0 Å². The van der Waals surface area contributed by atoms with Crippen LogP contribution in [0.5, 0.6) is 0 Å². The maximum atomic E-state index is 13.2. The van der Waals surface area contributed by atoms with Crippen molar-refractivity contribution in [3.05, 3.63) is 101 Å². The zero-order valence-electron chi connectivity index (χ0n) is 17.8. The fraction of sp³-hybridized carbons (Fsp3) is 0.280. The molecule has 0 amide bonds. The van der Waals surface area contributed by atoms with E-state index in [0.717, 1.165) is 0 Å². The highest BCUT2D eigenvalue weighted by molar-refractivity contribution is 7.89. The molecule has 0 radical (unpaired) electrons. The summed E-state index contributed by atoms with van der Waals surface area (Å²) in [5.74, 6) is -0.442. The van der Waals surface area contributed by atoms with Crippen LogP contribution in [0.1, 0.15) is 28.3 Å². The van der Waals surface area contributed by atoms with Crippen LogP contribution < -0.4 is 0 Å². The predicted molar refractivity (Wildman–Crippen MR) is 121 cm³/mol. The molecule has 162 valence electrons. The van der Waals surface area contributed by atoms with Crippen molar-refractivity contribution in [3.63, 3.8) is 0 Å². The normalized spacial score (nSPS) is 16.9. The van der Waals surface area contributed by atoms with Crippen LogP contribution in [-0.4, -0.2) is 43.8 Å². The minimum atomic E-state index is -3.63. The van der Waals surface area contributed by atoms with E-state index in [2.05, 4.69) is 61.2 Å². The lowest BCUT2D eigenvalue weighted by Gasteiger charge is -2.39. The van der Waals surface area contributed by atoms with E-state index < -0.39 is 15.8 Å². The first-order valence-electron chi connectivity index (χ1n) is 10.5. The lowest BCUT2D eigenvalue weighted by Crippen LogP contribution is -2.49. The Morgan fingerprint density at radius 1 is 0.806 bits per heavy atom. The number of piperazine rings is 1. The van der Waals surface area contributed by atoms with E-state index in [1.807, 2.05) is 6.07 Å². The van der Waals surface area contributed by atoms with Crippen molar-refractivity contribution in [2.24, 2.45) is 0 Å². The van der Waals surface area contributed by atoms with Gasteiger partial charge in [0.05, 0.1) is 10.9 Å². The molecule has 3 aromatic rings. The summed E-state index contributed by atoms with van der Waals surface area (Å²) >= 11 is 0. The number of halogens is 1. The van der Waals surface area contributed by atoms with Crippen LogP contribution in [0.15, 0.2) is 77.7 Å². The van der Waals surface area contributed by atoms with Gasteiger partial charge in [0, 0.05) is 26.2 Å². The Balaban J connectivity index is 1.59. The molecule has 4 rings (SSSR count). The fourth-order valence-electron chi connectivity index (χ4n) is 4.19. The molecule has 0 N–H and O–H groups in total. The molecule has 3 aromatic carbocycles. The van der Waals surface area contributed by atoms with Crippen LogP contribution >= 0.6 is 0 Å². The number of sulfonamides is 1. The van der Waals surface area contributed by atoms with E-state index in [1.165, 1.54) is 50.8 Å². The fourth-order valence-corrected chi connectivity index (χ4v) is 5.61. The van der Waals surface area contributed by atoms with Gasteiger partial charge in [-0.2, -0.15) is 4.31 Å². The van der Waals surface area contributed by atoms with Crippen molar-refractivity contribution < 1.29 is 12.8 Å². The van der Waals surface area contributed by atoms with Gasteiger partial charge in [-0.25, -0.2) is 12.8 Å². The molecule has 1 heterocycles. The second kappa shape index (κ2) is 8.91. The molecule has 1 aliphatic heterocycles. The lowest BCUT2D eigenvalue weighted by atomic mass is 9.92.